The summed E-state index contributed by atoms with van der Waals surface area (Å²) < 4.78 is 3.29. The van der Waals surface area contributed by atoms with Crippen molar-refractivity contribution in [2.45, 2.75) is 0 Å². The normalized spacial score (nSPS) is 12.1. The largest absolute Gasteiger partial charge is 0.0537 e. The number of hydrogen-bond acceptors (Lipinski definition) is 0. The van der Waals surface area contributed by atoms with Crippen LogP contribution in [0.25, 0.3) is 64.6 Å². The van der Waals surface area contributed by atoms with Crippen molar-refractivity contribution in [2.75, 3.05) is 0 Å². The van der Waals surface area contributed by atoms with Crippen LogP contribution in [0.4, 0.5) is 0 Å². The van der Waals surface area contributed by atoms with Gasteiger partial charge < -0.3 is 0 Å². The smallest absolute Gasteiger partial charge is 0.0181 e. The maximum absolute atomic E-state index is 3.72. The summed E-state index contributed by atoms with van der Waals surface area (Å²) in [6.45, 7) is 0. The molecule has 7 aromatic carbocycles. The monoisotopic (exact) mass is 612 g/mol. The molecule has 7 aromatic rings. The van der Waals surface area contributed by atoms with Crippen LogP contribution < -0.4 is 0 Å². The van der Waals surface area contributed by atoms with Crippen molar-refractivity contribution < 1.29 is 0 Å². The maximum Gasteiger partial charge on any atom is 0.0181 e. The van der Waals surface area contributed by atoms with E-state index in [-0.39, 0.29) is 0 Å². The molecule has 33 heavy (non-hydrogen) atoms. The summed E-state index contributed by atoms with van der Waals surface area (Å²) in [7, 11) is 0. The molecule has 156 valence electrons. The number of rotatable bonds is 0. The first-order valence-corrected chi connectivity index (χ1v) is 13.1. The average Bonchev–Trinajstić information content (AvgIpc) is 2.82. The zero-order chi connectivity index (χ0) is 22.3. The van der Waals surface area contributed by atoms with Gasteiger partial charge >= 0.3 is 0 Å². The Bertz CT molecular complexity index is 1690. The van der Waals surface area contributed by atoms with Crippen molar-refractivity contribution in [1.82, 2.24) is 0 Å². The van der Waals surface area contributed by atoms with Gasteiger partial charge in [0.25, 0.3) is 0 Å². The van der Waals surface area contributed by atoms with Gasteiger partial charge in [0.05, 0.1) is 0 Å². The summed E-state index contributed by atoms with van der Waals surface area (Å²) in [5.74, 6) is 0. The highest BCUT2D eigenvalue weighted by Crippen LogP contribution is 2.45. The number of halogens is 3. The molecule has 0 aliphatic carbocycles. The Labute approximate surface area is 215 Å². The molecule has 0 N–H and O–H groups in total. The van der Waals surface area contributed by atoms with E-state index in [1.807, 2.05) is 0 Å². The van der Waals surface area contributed by atoms with Gasteiger partial charge in [0.2, 0.25) is 0 Å². The van der Waals surface area contributed by atoms with Crippen molar-refractivity contribution in [3.8, 4) is 0 Å². The van der Waals surface area contributed by atoms with E-state index in [0.29, 0.717) is 0 Å². The zero-order valence-corrected chi connectivity index (χ0v) is 22.1. The van der Waals surface area contributed by atoms with E-state index in [1.165, 1.54) is 64.6 Å². The Balaban J connectivity index is 1.91. The van der Waals surface area contributed by atoms with Gasteiger partial charge in [-0.25, -0.2) is 0 Å². The van der Waals surface area contributed by atoms with Crippen LogP contribution in [-0.2, 0) is 0 Å². The molecule has 0 amide bonds. The Kier molecular flexibility index (Phi) is 4.40. The van der Waals surface area contributed by atoms with Crippen molar-refractivity contribution in [3.63, 3.8) is 0 Å². The van der Waals surface area contributed by atoms with Crippen LogP contribution in [0, 0.1) is 0 Å². The minimum absolute atomic E-state index is 1.10. The van der Waals surface area contributed by atoms with Crippen molar-refractivity contribution in [3.05, 3.63) is 104 Å². The third-order valence-electron chi connectivity index (χ3n) is 6.76. The first-order chi connectivity index (χ1) is 16.1. The molecule has 0 aliphatic rings. The molecule has 0 aromatic heterocycles. The van der Waals surface area contributed by atoms with E-state index < -0.39 is 0 Å². The molecule has 0 heterocycles. The van der Waals surface area contributed by atoms with Crippen molar-refractivity contribution >= 4 is 112 Å². The zero-order valence-electron chi connectivity index (χ0n) is 17.3. The van der Waals surface area contributed by atoms with Gasteiger partial charge in [0.15, 0.2) is 0 Å². The Morgan fingerprint density at radius 1 is 0.303 bits per heavy atom. The Morgan fingerprint density at radius 2 is 0.576 bits per heavy atom. The topological polar surface area (TPSA) is 0 Å². The highest BCUT2D eigenvalue weighted by Gasteiger charge is 2.16. The molecule has 0 radical (unpaired) electrons. The van der Waals surface area contributed by atoms with Crippen LogP contribution in [0.15, 0.2) is 104 Å². The second kappa shape index (κ2) is 7.27. The van der Waals surface area contributed by atoms with Crippen molar-refractivity contribution in [2.24, 2.45) is 0 Å². The van der Waals surface area contributed by atoms with Gasteiger partial charge in [-0.15, -0.1) is 0 Å². The Morgan fingerprint density at radius 3 is 0.879 bits per heavy atom. The van der Waals surface area contributed by atoms with Crippen LogP contribution in [-0.4, -0.2) is 0 Å². The quantitative estimate of drug-likeness (QED) is 0.149. The molecule has 0 saturated heterocycles. The highest BCUT2D eigenvalue weighted by atomic mass is 79.9. The molecular formula is C30H15Br3. The third kappa shape index (κ3) is 2.92. The molecule has 7 rings (SSSR count). The van der Waals surface area contributed by atoms with E-state index in [1.54, 1.807) is 0 Å². The van der Waals surface area contributed by atoms with E-state index in [9.17, 15) is 0 Å². The van der Waals surface area contributed by atoms with Gasteiger partial charge in [-0.05, 0) is 101 Å². The van der Waals surface area contributed by atoms with E-state index in [4.69, 9.17) is 0 Å². The summed E-state index contributed by atoms with van der Waals surface area (Å²) in [6, 6.07) is 33.4. The first-order valence-electron chi connectivity index (χ1n) is 10.8. The lowest BCUT2D eigenvalue weighted by atomic mass is 9.87. The molecule has 0 saturated carbocycles. The molecule has 0 aliphatic heterocycles. The fourth-order valence-electron chi connectivity index (χ4n) is 5.37. The molecule has 3 heteroatoms. The van der Waals surface area contributed by atoms with Crippen LogP contribution in [0.1, 0.15) is 0 Å². The lowest BCUT2D eigenvalue weighted by Crippen LogP contribution is -1.89. The van der Waals surface area contributed by atoms with Gasteiger partial charge in [0.1, 0.15) is 0 Å². The lowest BCUT2D eigenvalue weighted by molar-refractivity contribution is 1.72. The number of fused-ring (bicyclic) bond motifs is 12. The fourth-order valence-corrected chi connectivity index (χ4v) is 6.45. The third-order valence-corrected chi connectivity index (χ3v) is 8.24. The molecule has 0 spiro atoms. The van der Waals surface area contributed by atoms with Gasteiger partial charge in [0, 0.05) is 13.4 Å². The number of hydrogen-bond donors (Lipinski definition) is 0. The molecule has 0 atom stereocenters. The number of benzene rings is 7. The predicted molar refractivity (Wildman–Crippen MR) is 155 cm³/mol. The average molecular weight is 615 g/mol. The molecule has 0 bridgehead atoms. The molecule has 0 unspecified atom stereocenters. The van der Waals surface area contributed by atoms with Crippen LogP contribution >= 0.6 is 47.8 Å². The van der Waals surface area contributed by atoms with Crippen LogP contribution in [0.2, 0.25) is 0 Å². The van der Waals surface area contributed by atoms with Gasteiger partial charge in [-0.3, -0.25) is 0 Å². The molecule has 0 fully saturated rings. The Hall–Kier alpha value is -2.46. The summed E-state index contributed by atoms with van der Waals surface area (Å²) in [6.07, 6.45) is 0. The van der Waals surface area contributed by atoms with Gasteiger partial charge in [-0.1, -0.05) is 102 Å². The standard InChI is InChI=1S/C30H15Br3/c31-19-7-1-16-4-10-22-28(25(16)13-19)23-11-5-17-2-8-21(33)15-27(17)30(23)24-12-6-18-3-9-20(32)14-26(18)29(22)24/h1-15H. The van der Waals surface area contributed by atoms with Crippen LogP contribution in [0.5, 0.6) is 0 Å². The molecule has 0 nitrogen and oxygen atoms in total. The van der Waals surface area contributed by atoms with E-state index in [0.717, 1.165) is 13.4 Å². The highest BCUT2D eigenvalue weighted by molar-refractivity contribution is 9.11. The maximum atomic E-state index is 3.72. The summed E-state index contributed by atoms with van der Waals surface area (Å²) in [5.41, 5.74) is 0. The molecular weight excluding hydrogens is 600 g/mol. The summed E-state index contributed by atoms with van der Waals surface area (Å²) >= 11 is 11.2. The SMILES string of the molecule is Brc1ccc2ccc3c(c2c1)c1ccc2ccc(Br)cc2c1c1ccc2ccc(Br)cc2c31. The van der Waals surface area contributed by atoms with Crippen LogP contribution in [0.3, 0.4) is 0 Å². The minimum Gasteiger partial charge on any atom is -0.0537 e. The minimum atomic E-state index is 1.10. The summed E-state index contributed by atoms with van der Waals surface area (Å²) in [4.78, 5) is 0. The second-order valence-electron chi connectivity index (χ2n) is 8.56. The van der Waals surface area contributed by atoms with E-state index >= 15 is 0 Å². The predicted octanol–water partition coefficient (Wildman–Crippen LogP) is 10.9. The van der Waals surface area contributed by atoms with Gasteiger partial charge in [-0.2, -0.15) is 0 Å². The van der Waals surface area contributed by atoms with Crippen molar-refractivity contribution in [1.29, 1.82) is 0 Å². The first kappa shape index (κ1) is 20.0. The fraction of sp³-hybridized carbons (Fsp3) is 0. The van der Waals surface area contributed by atoms with E-state index in [2.05, 4.69) is 139 Å². The summed E-state index contributed by atoms with van der Waals surface area (Å²) in [5, 5.41) is 15.4. The second-order valence-corrected chi connectivity index (χ2v) is 11.3. The lowest BCUT2D eigenvalue weighted by Gasteiger charge is -2.17.